The lowest BCUT2D eigenvalue weighted by atomic mass is 9.93. The van der Waals surface area contributed by atoms with Gasteiger partial charge in [-0.15, -0.1) is 11.3 Å². The molecule has 7 heteroatoms. The van der Waals surface area contributed by atoms with Gasteiger partial charge < -0.3 is 10.1 Å². The van der Waals surface area contributed by atoms with Crippen molar-refractivity contribution in [2.75, 3.05) is 19.0 Å². The van der Waals surface area contributed by atoms with Gasteiger partial charge in [0.15, 0.2) is 0 Å². The van der Waals surface area contributed by atoms with Gasteiger partial charge in [0.1, 0.15) is 10.8 Å². The van der Waals surface area contributed by atoms with Crippen molar-refractivity contribution in [1.29, 1.82) is 0 Å². The molecule has 0 aliphatic carbocycles. The molecule has 0 amide bonds. The molecule has 0 fully saturated rings. The van der Waals surface area contributed by atoms with Crippen LogP contribution in [0.1, 0.15) is 44.2 Å². The van der Waals surface area contributed by atoms with Crippen LogP contribution in [0.2, 0.25) is 0 Å². The molecule has 0 bridgehead atoms. The lowest BCUT2D eigenvalue weighted by molar-refractivity contribution is 0.310. The van der Waals surface area contributed by atoms with Crippen molar-refractivity contribution in [2.24, 2.45) is 0 Å². The zero-order valence-corrected chi connectivity index (χ0v) is 13.9. The zero-order chi connectivity index (χ0) is 15.5. The van der Waals surface area contributed by atoms with Crippen LogP contribution < -0.4 is 10.1 Å². The third-order valence-corrected chi connectivity index (χ3v) is 3.64. The molecule has 2 aromatic heterocycles. The first kappa shape index (κ1) is 15.6. The van der Waals surface area contributed by atoms with Crippen LogP contribution in [-0.4, -0.2) is 33.6 Å². The molecule has 114 valence electrons. The Bertz CT molecular complexity index is 606. The molecule has 0 unspecified atom stereocenters. The van der Waals surface area contributed by atoms with Gasteiger partial charge in [-0.1, -0.05) is 20.8 Å². The fourth-order valence-electron chi connectivity index (χ4n) is 1.65. The second-order valence-electron chi connectivity index (χ2n) is 5.59. The summed E-state index contributed by atoms with van der Waals surface area (Å²) in [4.78, 5) is 17.5. The average Bonchev–Trinajstić information content (AvgIpc) is 2.87. The van der Waals surface area contributed by atoms with Gasteiger partial charge >= 0.3 is 6.01 Å². The lowest BCUT2D eigenvalue weighted by Crippen LogP contribution is -2.12. The Morgan fingerprint density at radius 3 is 2.52 bits per heavy atom. The minimum Gasteiger partial charge on any atom is -0.464 e. The number of aromatic nitrogens is 4. The number of ether oxygens (including phenoxy) is 1. The van der Waals surface area contributed by atoms with Gasteiger partial charge in [0, 0.05) is 17.8 Å². The largest absolute Gasteiger partial charge is 0.464 e. The molecule has 21 heavy (non-hydrogen) atoms. The molecule has 0 aliphatic heterocycles. The van der Waals surface area contributed by atoms with Crippen molar-refractivity contribution >= 4 is 17.3 Å². The van der Waals surface area contributed by atoms with E-state index in [-0.39, 0.29) is 5.41 Å². The summed E-state index contributed by atoms with van der Waals surface area (Å²) in [5.74, 6) is 1.17. The monoisotopic (exact) mass is 307 g/mol. The van der Waals surface area contributed by atoms with Crippen molar-refractivity contribution < 1.29 is 4.74 Å². The fourth-order valence-corrected chi connectivity index (χ4v) is 2.67. The summed E-state index contributed by atoms with van der Waals surface area (Å²) in [6.45, 7) is 8.89. The molecule has 0 saturated heterocycles. The number of thiazole rings is 1. The SMILES string of the molecule is CCOc1nc(Cc2nc(C(C)(C)C)cs2)nc(NC)n1. The Hall–Kier alpha value is -1.76. The molecular weight excluding hydrogens is 286 g/mol. The molecule has 0 atom stereocenters. The van der Waals surface area contributed by atoms with E-state index in [1.165, 1.54) is 0 Å². The topological polar surface area (TPSA) is 72.8 Å². The van der Waals surface area contributed by atoms with Crippen molar-refractivity contribution in [1.82, 2.24) is 19.9 Å². The highest BCUT2D eigenvalue weighted by atomic mass is 32.1. The maximum Gasteiger partial charge on any atom is 0.321 e. The Balaban J connectivity index is 2.22. The van der Waals surface area contributed by atoms with Crippen LogP contribution in [-0.2, 0) is 11.8 Å². The van der Waals surface area contributed by atoms with Crippen LogP contribution in [0.25, 0.3) is 0 Å². The van der Waals surface area contributed by atoms with Gasteiger partial charge in [-0.3, -0.25) is 0 Å². The molecule has 0 spiro atoms. The normalized spacial score (nSPS) is 11.5. The van der Waals surface area contributed by atoms with E-state index in [0.29, 0.717) is 30.8 Å². The summed E-state index contributed by atoms with van der Waals surface area (Å²) < 4.78 is 5.37. The Kier molecular flexibility index (Phi) is 4.72. The Labute approximate surface area is 129 Å². The number of nitrogens with zero attached hydrogens (tertiary/aromatic N) is 4. The number of hydrogen-bond donors (Lipinski definition) is 1. The van der Waals surface area contributed by atoms with Crippen LogP contribution in [0, 0.1) is 0 Å². The molecule has 2 rings (SSSR count). The number of hydrogen-bond acceptors (Lipinski definition) is 7. The minimum absolute atomic E-state index is 0.0560. The first-order valence-electron chi connectivity index (χ1n) is 6.92. The standard InChI is InChI=1S/C14H21N5OS/c1-6-20-13-18-10(17-12(15-5)19-13)7-11-16-9(8-21-11)14(2,3)4/h8H,6-7H2,1-5H3,(H,15,17,18,19). The van der Waals surface area contributed by atoms with Crippen molar-refractivity contribution in [3.63, 3.8) is 0 Å². The van der Waals surface area contributed by atoms with Gasteiger partial charge in [0.25, 0.3) is 0 Å². The second kappa shape index (κ2) is 6.34. The van der Waals surface area contributed by atoms with Crippen LogP contribution in [0.4, 0.5) is 5.95 Å². The molecule has 0 aromatic carbocycles. The van der Waals surface area contributed by atoms with E-state index in [4.69, 9.17) is 4.74 Å². The molecule has 0 saturated carbocycles. The van der Waals surface area contributed by atoms with Gasteiger partial charge in [0.05, 0.1) is 18.7 Å². The first-order chi connectivity index (χ1) is 9.92. The summed E-state index contributed by atoms with van der Waals surface area (Å²) in [6.07, 6.45) is 0.581. The van der Waals surface area contributed by atoms with Crippen molar-refractivity contribution in [3.8, 4) is 6.01 Å². The second-order valence-corrected chi connectivity index (χ2v) is 6.54. The van der Waals surface area contributed by atoms with E-state index in [0.717, 1.165) is 10.7 Å². The van der Waals surface area contributed by atoms with Crippen LogP contribution >= 0.6 is 11.3 Å². The van der Waals surface area contributed by atoms with E-state index < -0.39 is 0 Å². The molecular formula is C14H21N5OS. The molecule has 0 aliphatic rings. The van der Waals surface area contributed by atoms with Gasteiger partial charge in [-0.2, -0.15) is 15.0 Å². The maximum atomic E-state index is 5.37. The van der Waals surface area contributed by atoms with Crippen LogP contribution in [0.15, 0.2) is 5.38 Å². The van der Waals surface area contributed by atoms with Crippen molar-refractivity contribution in [2.45, 2.75) is 39.5 Å². The smallest absolute Gasteiger partial charge is 0.321 e. The lowest BCUT2D eigenvalue weighted by Gasteiger charge is -2.14. The summed E-state index contributed by atoms with van der Waals surface area (Å²) in [7, 11) is 1.77. The highest BCUT2D eigenvalue weighted by Gasteiger charge is 2.18. The molecule has 6 nitrogen and oxygen atoms in total. The van der Waals surface area contributed by atoms with Gasteiger partial charge in [-0.05, 0) is 6.92 Å². The summed E-state index contributed by atoms with van der Waals surface area (Å²) >= 11 is 1.63. The highest BCUT2D eigenvalue weighted by Crippen LogP contribution is 2.24. The first-order valence-corrected chi connectivity index (χ1v) is 7.80. The Morgan fingerprint density at radius 2 is 1.95 bits per heavy atom. The quantitative estimate of drug-likeness (QED) is 0.915. The third-order valence-electron chi connectivity index (χ3n) is 2.79. The van der Waals surface area contributed by atoms with Gasteiger partial charge in [0.2, 0.25) is 5.95 Å². The van der Waals surface area contributed by atoms with E-state index in [2.05, 4.69) is 51.4 Å². The summed E-state index contributed by atoms with van der Waals surface area (Å²) in [5, 5.41) is 6.01. The fraction of sp³-hybridized carbons (Fsp3) is 0.571. The molecule has 2 aromatic rings. The maximum absolute atomic E-state index is 5.37. The van der Waals surface area contributed by atoms with E-state index >= 15 is 0 Å². The van der Waals surface area contributed by atoms with Gasteiger partial charge in [-0.25, -0.2) is 4.98 Å². The predicted octanol–water partition coefficient (Wildman–Crippen LogP) is 2.66. The highest BCUT2D eigenvalue weighted by molar-refractivity contribution is 7.09. The molecule has 0 radical (unpaired) electrons. The van der Waals surface area contributed by atoms with Crippen LogP contribution in [0.3, 0.4) is 0 Å². The Morgan fingerprint density at radius 1 is 1.19 bits per heavy atom. The summed E-state index contributed by atoms with van der Waals surface area (Å²) in [5.41, 5.74) is 1.15. The number of rotatable bonds is 5. The van der Waals surface area contributed by atoms with E-state index in [1.807, 2.05) is 6.92 Å². The third kappa shape index (κ3) is 4.10. The number of anilines is 1. The van der Waals surface area contributed by atoms with Crippen molar-refractivity contribution in [3.05, 3.63) is 21.9 Å². The zero-order valence-electron chi connectivity index (χ0n) is 13.1. The molecule has 2 heterocycles. The molecule has 1 N–H and O–H groups in total. The summed E-state index contributed by atoms with van der Waals surface area (Å²) in [6, 6.07) is 0.347. The number of nitrogens with one attached hydrogen (secondary N) is 1. The predicted molar refractivity (Wildman–Crippen MR) is 84.2 cm³/mol. The van der Waals surface area contributed by atoms with Crippen LogP contribution in [0.5, 0.6) is 6.01 Å². The van der Waals surface area contributed by atoms with E-state index in [9.17, 15) is 0 Å². The minimum atomic E-state index is 0.0560. The average molecular weight is 307 g/mol. The van der Waals surface area contributed by atoms with E-state index in [1.54, 1.807) is 18.4 Å².